The van der Waals surface area contributed by atoms with Crippen LogP contribution in [0.25, 0.3) is 0 Å². The number of hydrogen-bond acceptors (Lipinski definition) is 3. The Morgan fingerprint density at radius 1 is 1.35 bits per heavy atom. The summed E-state index contributed by atoms with van der Waals surface area (Å²) in [4.78, 5) is 0.746. The minimum absolute atomic E-state index is 0.340. The molecule has 2 nitrogen and oxygen atoms in total. The fraction of sp³-hybridized carbons (Fsp3) is 0.231. The third kappa shape index (κ3) is 2.48. The van der Waals surface area contributed by atoms with Crippen molar-refractivity contribution in [2.75, 3.05) is 7.11 Å². The molecular formula is C13H13FO2S. The molecule has 0 saturated heterocycles. The molecule has 1 N–H and O–H groups in total. The van der Waals surface area contributed by atoms with Crippen molar-refractivity contribution in [2.45, 2.75) is 13.0 Å². The maximum Gasteiger partial charge on any atom is 0.129 e. The molecule has 0 bridgehead atoms. The van der Waals surface area contributed by atoms with Gasteiger partial charge in [-0.3, -0.25) is 0 Å². The number of rotatable bonds is 3. The fourth-order valence-corrected chi connectivity index (χ4v) is 2.50. The third-order valence-electron chi connectivity index (χ3n) is 2.64. The Morgan fingerprint density at radius 3 is 2.76 bits per heavy atom. The third-order valence-corrected chi connectivity index (χ3v) is 3.60. The van der Waals surface area contributed by atoms with Crippen molar-refractivity contribution in [1.29, 1.82) is 0 Å². The molecule has 1 unspecified atom stereocenters. The Kier molecular flexibility index (Phi) is 3.45. The van der Waals surface area contributed by atoms with Crippen LogP contribution in [-0.4, -0.2) is 12.2 Å². The Morgan fingerprint density at radius 2 is 2.12 bits per heavy atom. The summed E-state index contributed by atoms with van der Waals surface area (Å²) in [5.41, 5.74) is 1.46. The van der Waals surface area contributed by atoms with Gasteiger partial charge >= 0.3 is 0 Å². The van der Waals surface area contributed by atoms with Crippen molar-refractivity contribution in [3.05, 3.63) is 51.5 Å². The molecule has 4 heteroatoms. The van der Waals surface area contributed by atoms with E-state index in [1.807, 2.05) is 12.3 Å². The molecule has 2 rings (SSSR count). The van der Waals surface area contributed by atoms with Crippen LogP contribution in [0, 0.1) is 12.7 Å². The van der Waals surface area contributed by atoms with Crippen molar-refractivity contribution in [3.8, 4) is 5.75 Å². The molecule has 1 aromatic carbocycles. The number of hydrogen-bond donors (Lipinski definition) is 1. The van der Waals surface area contributed by atoms with Crippen molar-refractivity contribution >= 4 is 11.3 Å². The normalized spacial score (nSPS) is 12.5. The Hall–Kier alpha value is -1.39. The SMILES string of the molecule is COc1csc(C(O)c2cc(F)ccc2C)c1. The summed E-state index contributed by atoms with van der Waals surface area (Å²) in [7, 11) is 1.58. The Labute approximate surface area is 103 Å². The first-order valence-corrected chi connectivity index (χ1v) is 6.06. The molecule has 0 amide bonds. The summed E-state index contributed by atoms with van der Waals surface area (Å²) in [6, 6.07) is 6.19. The maximum absolute atomic E-state index is 13.2. The van der Waals surface area contributed by atoms with Gasteiger partial charge in [-0.2, -0.15) is 0 Å². The smallest absolute Gasteiger partial charge is 0.129 e. The summed E-state index contributed by atoms with van der Waals surface area (Å²) < 4.78 is 18.2. The average molecular weight is 252 g/mol. The van der Waals surface area contributed by atoms with E-state index in [4.69, 9.17) is 4.74 Å². The van der Waals surface area contributed by atoms with Gasteiger partial charge in [0, 0.05) is 10.3 Å². The first kappa shape index (κ1) is 12.1. The molecule has 0 spiro atoms. The van der Waals surface area contributed by atoms with Crippen LogP contribution in [0.15, 0.2) is 29.6 Å². The molecule has 0 aliphatic heterocycles. The van der Waals surface area contributed by atoms with Gasteiger partial charge in [0.1, 0.15) is 17.7 Å². The lowest BCUT2D eigenvalue weighted by Crippen LogP contribution is -2.00. The van der Waals surface area contributed by atoms with Crippen molar-refractivity contribution in [2.24, 2.45) is 0 Å². The Bertz CT molecular complexity index is 522. The summed E-state index contributed by atoms with van der Waals surface area (Å²) in [5.74, 6) is 0.367. The largest absolute Gasteiger partial charge is 0.496 e. The number of halogens is 1. The first-order chi connectivity index (χ1) is 8.11. The molecule has 0 aliphatic rings. The van der Waals surface area contributed by atoms with Crippen molar-refractivity contribution < 1.29 is 14.2 Å². The zero-order valence-electron chi connectivity index (χ0n) is 9.61. The second kappa shape index (κ2) is 4.85. The highest BCUT2D eigenvalue weighted by molar-refractivity contribution is 7.10. The summed E-state index contributed by atoms with van der Waals surface area (Å²) in [5, 5.41) is 12.0. The van der Waals surface area contributed by atoms with Crippen LogP contribution in [0.5, 0.6) is 5.75 Å². The predicted octanol–water partition coefficient (Wildman–Crippen LogP) is 3.29. The molecule has 17 heavy (non-hydrogen) atoms. The molecule has 90 valence electrons. The van der Waals surface area contributed by atoms with E-state index in [9.17, 15) is 9.50 Å². The molecule has 1 aromatic heterocycles. The van der Waals surface area contributed by atoms with Gasteiger partial charge in [-0.1, -0.05) is 6.07 Å². The van der Waals surface area contributed by atoms with Gasteiger partial charge in [0.25, 0.3) is 0 Å². The molecule has 0 radical (unpaired) electrons. The number of aliphatic hydroxyl groups is 1. The zero-order valence-corrected chi connectivity index (χ0v) is 10.4. The number of benzene rings is 1. The lowest BCUT2D eigenvalue weighted by Gasteiger charge is -2.12. The Balaban J connectivity index is 2.35. The van der Waals surface area contributed by atoms with Gasteiger partial charge in [-0.25, -0.2) is 4.39 Å². The van der Waals surface area contributed by atoms with E-state index in [0.717, 1.165) is 10.4 Å². The minimum atomic E-state index is -0.806. The van der Waals surface area contributed by atoms with E-state index in [2.05, 4.69) is 0 Å². The first-order valence-electron chi connectivity index (χ1n) is 5.18. The molecule has 1 atom stereocenters. The molecule has 0 aliphatic carbocycles. The second-order valence-corrected chi connectivity index (χ2v) is 4.74. The van der Waals surface area contributed by atoms with Crippen molar-refractivity contribution in [3.63, 3.8) is 0 Å². The summed E-state index contributed by atoms with van der Waals surface area (Å²) in [6.45, 7) is 1.85. The number of aryl methyl sites for hydroxylation is 1. The fourth-order valence-electron chi connectivity index (χ4n) is 1.64. The molecule has 0 fully saturated rings. The average Bonchev–Trinajstić information content (AvgIpc) is 2.80. The van der Waals surface area contributed by atoms with Gasteiger partial charge in [-0.15, -0.1) is 11.3 Å². The van der Waals surface area contributed by atoms with Gasteiger partial charge < -0.3 is 9.84 Å². The number of methoxy groups -OCH3 is 1. The van der Waals surface area contributed by atoms with Crippen LogP contribution in [0.4, 0.5) is 4.39 Å². The molecule has 0 saturated carbocycles. The quantitative estimate of drug-likeness (QED) is 0.908. The number of aliphatic hydroxyl groups excluding tert-OH is 1. The van der Waals surface area contributed by atoms with E-state index < -0.39 is 6.10 Å². The van der Waals surface area contributed by atoms with Crippen LogP contribution in [0.3, 0.4) is 0 Å². The summed E-state index contributed by atoms with van der Waals surface area (Å²) in [6.07, 6.45) is -0.806. The van der Waals surface area contributed by atoms with Crippen LogP contribution in [0.2, 0.25) is 0 Å². The van der Waals surface area contributed by atoms with E-state index >= 15 is 0 Å². The molecule has 1 heterocycles. The van der Waals surface area contributed by atoms with E-state index in [-0.39, 0.29) is 5.82 Å². The topological polar surface area (TPSA) is 29.5 Å². The van der Waals surface area contributed by atoms with Crippen LogP contribution in [0.1, 0.15) is 22.1 Å². The highest BCUT2D eigenvalue weighted by Crippen LogP contribution is 2.32. The molecule has 2 aromatic rings. The number of thiophene rings is 1. The van der Waals surface area contributed by atoms with Gasteiger partial charge in [0.2, 0.25) is 0 Å². The monoisotopic (exact) mass is 252 g/mol. The molecular weight excluding hydrogens is 239 g/mol. The van der Waals surface area contributed by atoms with Crippen molar-refractivity contribution in [1.82, 2.24) is 0 Å². The lowest BCUT2D eigenvalue weighted by atomic mass is 10.0. The highest BCUT2D eigenvalue weighted by atomic mass is 32.1. The van der Waals surface area contributed by atoms with Gasteiger partial charge in [0.05, 0.1) is 7.11 Å². The van der Waals surface area contributed by atoms with E-state index in [0.29, 0.717) is 11.3 Å². The minimum Gasteiger partial charge on any atom is -0.496 e. The maximum atomic E-state index is 13.2. The van der Waals surface area contributed by atoms with Gasteiger partial charge in [0.15, 0.2) is 0 Å². The second-order valence-electron chi connectivity index (χ2n) is 3.79. The number of ether oxygens (including phenoxy) is 1. The van der Waals surface area contributed by atoms with E-state index in [1.54, 1.807) is 19.2 Å². The zero-order chi connectivity index (χ0) is 12.4. The van der Waals surface area contributed by atoms with E-state index in [1.165, 1.54) is 23.5 Å². The predicted molar refractivity (Wildman–Crippen MR) is 66.1 cm³/mol. The lowest BCUT2D eigenvalue weighted by molar-refractivity contribution is 0.222. The summed E-state index contributed by atoms with van der Waals surface area (Å²) >= 11 is 1.39. The van der Waals surface area contributed by atoms with Crippen LogP contribution >= 0.6 is 11.3 Å². The highest BCUT2D eigenvalue weighted by Gasteiger charge is 2.16. The van der Waals surface area contributed by atoms with Crippen LogP contribution in [-0.2, 0) is 0 Å². The van der Waals surface area contributed by atoms with Gasteiger partial charge in [-0.05, 0) is 36.2 Å². The van der Waals surface area contributed by atoms with Crippen LogP contribution < -0.4 is 4.74 Å². The standard InChI is InChI=1S/C13H13FO2S/c1-8-3-4-9(14)5-11(8)13(15)12-6-10(16-2)7-17-12/h3-7,13,15H,1-2H3.